The Hall–Kier alpha value is -2.00. The van der Waals surface area contributed by atoms with Gasteiger partial charge in [-0.2, -0.15) is 0 Å². The average molecular weight is 305 g/mol. The summed E-state index contributed by atoms with van der Waals surface area (Å²) in [6, 6.07) is 10.2. The monoisotopic (exact) mass is 304 g/mol. The number of aryl methyl sites for hydroxylation is 1. The molecule has 0 unspecified atom stereocenters. The van der Waals surface area contributed by atoms with E-state index in [9.17, 15) is 4.79 Å². The zero-order valence-corrected chi connectivity index (χ0v) is 12.9. The van der Waals surface area contributed by atoms with Gasteiger partial charge in [-0.3, -0.25) is 0 Å². The Morgan fingerprint density at radius 3 is 2.57 bits per heavy atom. The van der Waals surface area contributed by atoms with Gasteiger partial charge in [-0.25, -0.2) is 4.79 Å². The second kappa shape index (κ2) is 6.19. The summed E-state index contributed by atoms with van der Waals surface area (Å²) in [6.07, 6.45) is 0. The van der Waals surface area contributed by atoms with Crippen molar-refractivity contribution in [3.8, 4) is 11.5 Å². The molecule has 0 fully saturated rings. The second-order valence-electron chi connectivity index (χ2n) is 5.23. The van der Waals surface area contributed by atoms with Crippen LogP contribution in [0, 0.1) is 6.92 Å². The van der Waals surface area contributed by atoms with Crippen LogP contribution in [0.25, 0.3) is 0 Å². The molecule has 0 aromatic heterocycles. The molecule has 4 heteroatoms. The number of aromatic carboxylic acids is 1. The molecular weight excluding hydrogens is 288 g/mol. The minimum absolute atomic E-state index is 0.197. The summed E-state index contributed by atoms with van der Waals surface area (Å²) in [4.78, 5) is 11.0. The lowest BCUT2D eigenvalue weighted by atomic mass is 10.0. The van der Waals surface area contributed by atoms with Crippen LogP contribution in [0.5, 0.6) is 11.5 Å². The first-order valence-corrected chi connectivity index (χ1v) is 7.07. The van der Waals surface area contributed by atoms with E-state index in [1.165, 1.54) is 12.1 Å². The molecule has 3 nitrogen and oxygen atoms in total. The van der Waals surface area contributed by atoms with Gasteiger partial charge in [0, 0.05) is 5.02 Å². The Bertz CT molecular complexity index is 678. The SMILES string of the molecule is Cc1cc(Cl)c(C(C)C)cc1Oc1cccc(C(=O)O)c1. The van der Waals surface area contributed by atoms with E-state index in [1.807, 2.05) is 19.1 Å². The molecule has 0 saturated carbocycles. The van der Waals surface area contributed by atoms with E-state index >= 15 is 0 Å². The van der Waals surface area contributed by atoms with Crippen molar-refractivity contribution in [3.05, 3.63) is 58.1 Å². The summed E-state index contributed by atoms with van der Waals surface area (Å²) >= 11 is 6.23. The predicted octanol–water partition coefficient (Wildman–Crippen LogP) is 5.26. The second-order valence-corrected chi connectivity index (χ2v) is 5.64. The fourth-order valence-corrected chi connectivity index (χ4v) is 2.48. The first-order chi connectivity index (χ1) is 9.88. The number of ether oxygens (including phenoxy) is 1. The van der Waals surface area contributed by atoms with E-state index < -0.39 is 5.97 Å². The normalized spacial score (nSPS) is 10.7. The van der Waals surface area contributed by atoms with Crippen molar-refractivity contribution in [2.75, 3.05) is 0 Å². The highest BCUT2D eigenvalue weighted by Crippen LogP contribution is 2.33. The molecule has 0 spiro atoms. The molecular formula is C17H17ClO3. The van der Waals surface area contributed by atoms with Crippen LogP contribution in [0.15, 0.2) is 36.4 Å². The molecule has 0 aliphatic heterocycles. The maximum atomic E-state index is 11.0. The van der Waals surface area contributed by atoms with Crippen molar-refractivity contribution in [2.45, 2.75) is 26.7 Å². The number of carboxylic acids is 1. The molecule has 0 amide bonds. The van der Waals surface area contributed by atoms with Crippen molar-refractivity contribution in [1.82, 2.24) is 0 Å². The highest BCUT2D eigenvalue weighted by atomic mass is 35.5. The summed E-state index contributed by atoms with van der Waals surface area (Å²) in [5, 5.41) is 9.73. The van der Waals surface area contributed by atoms with Crippen molar-refractivity contribution >= 4 is 17.6 Å². The van der Waals surface area contributed by atoms with Gasteiger partial charge in [0.2, 0.25) is 0 Å². The van der Waals surface area contributed by atoms with Crippen LogP contribution in [0.2, 0.25) is 5.02 Å². The number of carboxylic acid groups (broad SMARTS) is 1. The summed E-state index contributed by atoms with van der Waals surface area (Å²) in [5.74, 6) is 0.489. The topological polar surface area (TPSA) is 46.5 Å². The van der Waals surface area contributed by atoms with Crippen molar-refractivity contribution < 1.29 is 14.6 Å². The summed E-state index contributed by atoms with van der Waals surface area (Å²) in [7, 11) is 0. The number of hydrogen-bond acceptors (Lipinski definition) is 2. The quantitative estimate of drug-likeness (QED) is 0.837. The first-order valence-electron chi connectivity index (χ1n) is 6.69. The number of benzene rings is 2. The van der Waals surface area contributed by atoms with Crippen LogP contribution >= 0.6 is 11.6 Å². The molecule has 2 aromatic carbocycles. The molecule has 110 valence electrons. The fraction of sp³-hybridized carbons (Fsp3) is 0.235. The third-order valence-corrected chi connectivity index (χ3v) is 3.55. The van der Waals surface area contributed by atoms with Gasteiger partial charge < -0.3 is 9.84 Å². The number of rotatable bonds is 4. The van der Waals surface area contributed by atoms with Crippen molar-refractivity contribution in [2.24, 2.45) is 0 Å². The van der Waals surface area contributed by atoms with Crippen LogP contribution in [0.1, 0.15) is 41.3 Å². The van der Waals surface area contributed by atoms with E-state index in [0.717, 1.165) is 11.1 Å². The molecule has 0 radical (unpaired) electrons. The lowest BCUT2D eigenvalue weighted by Gasteiger charge is -2.14. The molecule has 0 aliphatic rings. The smallest absolute Gasteiger partial charge is 0.335 e. The Labute approximate surface area is 129 Å². The first kappa shape index (κ1) is 15.4. The Balaban J connectivity index is 2.37. The average Bonchev–Trinajstić information content (AvgIpc) is 2.41. The maximum absolute atomic E-state index is 11.0. The molecule has 0 saturated heterocycles. The molecule has 2 rings (SSSR count). The molecule has 0 aliphatic carbocycles. The summed E-state index contributed by atoms with van der Waals surface area (Å²) in [6.45, 7) is 6.03. The molecule has 0 heterocycles. The lowest BCUT2D eigenvalue weighted by molar-refractivity contribution is 0.0696. The third kappa shape index (κ3) is 3.56. The number of carbonyl (C=O) groups is 1. The summed E-state index contributed by atoms with van der Waals surface area (Å²) < 4.78 is 5.82. The van der Waals surface area contributed by atoms with Gasteiger partial charge in [0.15, 0.2) is 0 Å². The van der Waals surface area contributed by atoms with E-state index in [4.69, 9.17) is 21.4 Å². The lowest BCUT2D eigenvalue weighted by Crippen LogP contribution is -1.97. The highest BCUT2D eigenvalue weighted by molar-refractivity contribution is 6.31. The number of hydrogen-bond donors (Lipinski definition) is 1. The van der Waals surface area contributed by atoms with E-state index in [1.54, 1.807) is 12.1 Å². The van der Waals surface area contributed by atoms with Gasteiger partial charge in [0.25, 0.3) is 0 Å². The minimum atomic E-state index is -0.976. The van der Waals surface area contributed by atoms with Gasteiger partial charge in [-0.1, -0.05) is 31.5 Å². The van der Waals surface area contributed by atoms with Gasteiger partial charge in [-0.15, -0.1) is 0 Å². The van der Waals surface area contributed by atoms with Crippen LogP contribution in [-0.4, -0.2) is 11.1 Å². The standard InChI is InChI=1S/C17H17ClO3/c1-10(2)14-9-16(11(3)7-15(14)18)21-13-6-4-5-12(8-13)17(19)20/h4-10H,1-3H3,(H,19,20). The summed E-state index contributed by atoms with van der Waals surface area (Å²) in [5.41, 5.74) is 2.11. The van der Waals surface area contributed by atoms with E-state index in [2.05, 4.69) is 13.8 Å². The Kier molecular flexibility index (Phi) is 4.53. The van der Waals surface area contributed by atoms with E-state index in [-0.39, 0.29) is 11.5 Å². The predicted molar refractivity (Wildman–Crippen MR) is 83.8 cm³/mol. The molecule has 0 atom stereocenters. The maximum Gasteiger partial charge on any atom is 0.335 e. The zero-order valence-electron chi connectivity index (χ0n) is 12.2. The fourth-order valence-electron chi connectivity index (χ4n) is 2.04. The molecule has 21 heavy (non-hydrogen) atoms. The largest absolute Gasteiger partial charge is 0.478 e. The van der Waals surface area contributed by atoms with Gasteiger partial charge in [-0.05, 0) is 54.3 Å². The molecule has 2 aromatic rings. The highest BCUT2D eigenvalue weighted by Gasteiger charge is 2.11. The minimum Gasteiger partial charge on any atom is -0.478 e. The Morgan fingerprint density at radius 2 is 1.95 bits per heavy atom. The number of halogens is 1. The van der Waals surface area contributed by atoms with Crippen LogP contribution < -0.4 is 4.74 Å². The van der Waals surface area contributed by atoms with Gasteiger partial charge in [0.05, 0.1) is 5.56 Å². The Morgan fingerprint density at radius 1 is 1.24 bits per heavy atom. The molecule has 0 bridgehead atoms. The van der Waals surface area contributed by atoms with Gasteiger partial charge >= 0.3 is 5.97 Å². The third-order valence-electron chi connectivity index (χ3n) is 3.23. The van der Waals surface area contributed by atoms with Crippen LogP contribution in [-0.2, 0) is 0 Å². The zero-order chi connectivity index (χ0) is 15.6. The van der Waals surface area contributed by atoms with Crippen LogP contribution in [0.3, 0.4) is 0 Å². The van der Waals surface area contributed by atoms with Crippen molar-refractivity contribution in [3.63, 3.8) is 0 Å². The van der Waals surface area contributed by atoms with E-state index in [0.29, 0.717) is 16.5 Å². The molecule has 1 N–H and O–H groups in total. The van der Waals surface area contributed by atoms with Gasteiger partial charge in [0.1, 0.15) is 11.5 Å². The van der Waals surface area contributed by atoms with Crippen LogP contribution in [0.4, 0.5) is 0 Å². The van der Waals surface area contributed by atoms with Crippen molar-refractivity contribution in [1.29, 1.82) is 0 Å².